The van der Waals surface area contributed by atoms with Gasteiger partial charge in [-0.3, -0.25) is 5.32 Å². The molecule has 3 nitrogen and oxygen atoms in total. The van der Waals surface area contributed by atoms with Crippen LogP contribution < -0.4 is 5.32 Å². The largest absolute Gasteiger partial charge is 0.480 e. The molecule has 1 aromatic rings. The number of halogens is 1. The molecular formula is C12H16BrNO2. The summed E-state index contributed by atoms with van der Waals surface area (Å²) in [6.07, 6.45) is 0.512. The molecular weight excluding hydrogens is 270 g/mol. The van der Waals surface area contributed by atoms with Crippen molar-refractivity contribution in [2.45, 2.75) is 25.8 Å². The lowest BCUT2D eigenvalue weighted by Crippen LogP contribution is -2.48. The maximum Gasteiger partial charge on any atom is 0.328 e. The smallest absolute Gasteiger partial charge is 0.328 e. The van der Waals surface area contributed by atoms with Gasteiger partial charge in [0.15, 0.2) is 0 Å². The Morgan fingerprint density at radius 2 is 1.94 bits per heavy atom. The van der Waals surface area contributed by atoms with Crippen LogP contribution in [0, 0.1) is 0 Å². The Hall–Kier alpha value is -0.870. The first-order valence-corrected chi connectivity index (χ1v) is 6.10. The maximum atomic E-state index is 11.5. The Morgan fingerprint density at radius 3 is 2.31 bits per heavy atom. The molecule has 0 aliphatic rings. The predicted molar refractivity (Wildman–Crippen MR) is 67.4 cm³/mol. The van der Waals surface area contributed by atoms with Gasteiger partial charge in [0.2, 0.25) is 0 Å². The van der Waals surface area contributed by atoms with Crippen LogP contribution in [-0.4, -0.2) is 17.6 Å². The highest BCUT2D eigenvalue weighted by atomic mass is 79.9. The molecule has 0 spiro atoms. The van der Waals surface area contributed by atoms with Crippen LogP contribution in [-0.2, 0) is 10.3 Å². The maximum absolute atomic E-state index is 11.5. The molecule has 1 unspecified atom stereocenters. The summed E-state index contributed by atoms with van der Waals surface area (Å²) in [7, 11) is 0. The van der Waals surface area contributed by atoms with Crippen molar-refractivity contribution in [1.82, 2.24) is 5.32 Å². The van der Waals surface area contributed by atoms with E-state index in [4.69, 9.17) is 0 Å². The Morgan fingerprint density at radius 1 is 1.38 bits per heavy atom. The van der Waals surface area contributed by atoms with E-state index in [1.54, 1.807) is 0 Å². The van der Waals surface area contributed by atoms with Gasteiger partial charge in [-0.2, -0.15) is 0 Å². The predicted octanol–water partition coefficient (Wildman–Crippen LogP) is 2.75. The summed E-state index contributed by atoms with van der Waals surface area (Å²) in [5, 5.41) is 12.5. The molecule has 2 N–H and O–H groups in total. The van der Waals surface area contributed by atoms with E-state index >= 15 is 0 Å². The van der Waals surface area contributed by atoms with Gasteiger partial charge < -0.3 is 5.11 Å². The zero-order valence-corrected chi connectivity index (χ0v) is 11.0. The lowest BCUT2D eigenvalue weighted by molar-refractivity contribution is -0.145. The van der Waals surface area contributed by atoms with Gasteiger partial charge >= 0.3 is 5.97 Å². The lowest BCUT2D eigenvalue weighted by Gasteiger charge is -2.29. The number of rotatable bonds is 5. The van der Waals surface area contributed by atoms with Crippen LogP contribution in [0.4, 0.5) is 0 Å². The minimum absolute atomic E-state index is 0.512. The van der Waals surface area contributed by atoms with Crippen LogP contribution in [0.25, 0.3) is 0 Å². The molecule has 0 saturated heterocycles. The second kappa shape index (κ2) is 5.46. The number of carboxylic acids is 1. The van der Waals surface area contributed by atoms with Gasteiger partial charge in [0.25, 0.3) is 0 Å². The molecule has 0 fully saturated rings. The minimum Gasteiger partial charge on any atom is -0.480 e. The van der Waals surface area contributed by atoms with Crippen molar-refractivity contribution < 1.29 is 9.90 Å². The van der Waals surface area contributed by atoms with E-state index in [2.05, 4.69) is 21.2 Å². The highest BCUT2D eigenvalue weighted by molar-refractivity contribution is 9.10. The highest BCUT2D eigenvalue weighted by Gasteiger charge is 2.37. The van der Waals surface area contributed by atoms with Crippen molar-refractivity contribution in [2.24, 2.45) is 0 Å². The third kappa shape index (κ3) is 2.44. The fourth-order valence-corrected chi connectivity index (χ4v) is 2.08. The van der Waals surface area contributed by atoms with Gasteiger partial charge in [-0.15, -0.1) is 0 Å². The van der Waals surface area contributed by atoms with Gasteiger partial charge in [0, 0.05) is 4.47 Å². The van der Waals surface area contributed by atoms with Crippen LogP contribution >= 0.6 is 15.9 Å². The molecule has 0 aliphatic carbocycles. The summed E-state index contributed by atoms with van der Waals surface area (Å²) in [5.74, 6) is -0.834. The minimum atomic E-state index is -0.977. The molecule has 0 aromatic heterocycles. The molecule has 16 heavy (non-hydrogen) atoms. The Kier molecular flexibility index (Phi) is 4.50. The van der Waals surface area contributed by atoms with Crippen LogP contribution in [0.3, 0.4) is 0 Å². The third-order valence-corrected chi connectivity index (χ3v) is 3.24. The van der Waals surface area contributed by atoms with Gasteiger partial charge in [-0.05, 0) is 30.7 Å². The zero-order valence-electron chi connectivity index (χ0n) is 9.46. The van der Waals surface area contributed by atoms with Crippen LogP contribution in [0.1, 0.15) is 25.8 Å². The molecule has 0 radical (unpaired) electrons. The topological polar surface area (TPSA) is 49.3 Å². The Balaban J connectivity index is 3.18. The average molecular weight is 286 g/mol. The molecule has 88 valence electrons. The van der Waals surface area contributed by atoms with Crippen molar-refractivity contribution in [3.63, 3.8) is 0 Å². The molecule has 0 heterocycles. The summed E-state index contributed by atoms with van der Waals surface area (Å²) >= 11 is 3.34. The van der Waals surface area contributed by atoms with Gasteiger partial charge in [-0.1, -0.05) is 41.9 Å². The Labute approximate surface area is 104 Å². The van der Waals surface area contributed by atoms with Crippen molar-refractivity contribution in [1.29, 1.82) is 0 Å². The molecule has 0 aliphatic heterocycles. The van der Waals surface area contributed by atoms with E-state index < -0.39 is 11.5 Å². The van der Waals surface area contributed by atoms with Gasteiger partial charge in [0.1, 0.15) is 5.54 Å². The summed E-state index contributed by atoms with van der Waals surface area (Å²) < 4.78 is 0.947. The molecule has 4 heteroatoms. The number of aliphatic carboxylic acids is 1. The number of benzene rings is 1. The second-order valence-electron chi connectivity index (χ2n) is 3.60. The monoisotopic (exact) mass is 285 g/mol. The first kappa shape index (κ1) is 13.2. The standard InChI is InChI=1S/C12H16BrNO2/c1-3-12(11(15)16,14-4-2)9-5-7-10(13)8-6-9/h5-8,14H,3-4H2,1-2H3,(H,15,16). The molecule has 0 amide bonds. The van der Waals surface area contributed by atoms with E-state index in [0.29, 0.717) is 13.0 Å². The molecule has 1 aromatic carbocycles. The number of hydrogen-bond acceptors (Lipinski definition) is 2. The van der Waals surface area contributed by atoms with Crippen molar-refractivity contribution >= 4 is 21.9 Å². The van der Waals surface area contributed by atoms with Crippen LogP contribution in [0.15, 0.2) is 28.7 Å². The van der Waals surface area contributed by atoms with E-state index in [0.717, 1.165) is 10.0 Å². The summed E-state index contributed by atoms with van der Waals surface area (Å²) in [5.41, 5.74) is -0.192. The van der Waals surface area contributed by atoms with E-state index in [1.165, 1.54) is 0 Å². The Bertz CT molecular complexity index is 364. The van der Waals surface area contributed by atoms with Crippen LogP contribution in [0.5, 0.6) is 0 Å². The molecule has 0 saturated carbocycles. The summed E-state index contributed by atoms with van der Waals surface area (Å²) in [6.45, 7) is 4.40. The average Bonchev–Trinajstić information content (AvgIpc) is 2.27. The molecule has 1 rings (SSSR count). The number of hydrogen-bond donors (Lipinski definition) is 2. The summed E-state index contributed by atoms with van der Waals surface area (Å²) in [6, 6.07) is 7.40. The fourth-order valence-electron chi connectivity index (χ4n) is 1.82. The molecule has 0 bridgehead atoms. The summed E-state index contributed by atoms with van der Waals surface area (Å²) in [4.78, 5) is 11.5. The van der Waals surface area contributed by atoms with E-state index in [9.17, 15) is 9.90 Å². The van der Waals surface area contributed by atoms with E-state index in [-0.39, 0.29) is 0 Å². The first-order valence-electron chi connectivity index (χ1n) is 5.31. The van der Waals surface area contributed by atoms with Crippen molar-refractivity contribution in [3.05, 3.63) is 34.3 Å². The van der Waals surface area contributed by atoms with E-state index in [1.807, 2.05) is 38.1 Å². The highest BCUT2D eigenvalue weighted by Crippen LogP contribution is 2.26. The molecule has 1 atom stereocenters. The number of carboxylic acid groups (broad SMARTS) is 1. The quantitative estimate of drug-likeness (QED) is 0.875. The third-order valence-electron chi connectivity index (χ3n) is 2.71. The normalized spacial score (nSPS) is 14.4. The first-order chi connectivity index (χ1) is 7.56. The zero-order chi connectivity index (χ0) is 12.2. The van der Waals surface area contributed by atoms with Gasteiger partial charge in [-0.25, -0.2) is 4.79 Å². The SMILES string of the molecule is CCNC(CC)(C(=O)O)c1ccc(Br)cc1. The van der Waals surface area contributed by atoms with Crippen molar-refractivity contribution in [3.8, 4) is 0 Å². The fraction of sp³-hybridized carbons (Fsp3) is 0.417. The van der Waals surface area contributed by atoms with Gasteiger partial charge in [0.05, 0.1) is 0 Å². The van der Waals surface area contributed by atoms with Crippen molar-refractivity contribution in [2.75, 3.05) is 6.54 Å². The number of carbonyl (C=O) groups is 1. The number of likely N-dealkylation sites (N-methyl/N-ethyl adjacent to an activating group) is 1. The second-order valence-corrected chi connectivity index (χ2v) is 4.52. The number of nitrogens with one attached hydrogen (secondary N) is 1. The lowest BCUT2D eigenvalue weighted by atomic mass is 9.87. The van der Waals surface area contributed by atoms with Crippen LogP contribution in [0.2, 0.25) is 0 Å².